The Morgan fingerprint density at radius 2 is 1.57 bits per heavy atom. The Morgan fingerprint density at radius 3 is 2.02 bits per heavy atom. The molecule has 1 aromatic carbocycles. The molecule has 9 nitrogen and oxygen atoms in total. The molecule has 0 aromatic heterocycles. The zero-order chi connectivity index (χ0) is 31.1. The van der Waals surface area contributed by atoms with E-state index in [1.807, 2.05) is 18.4 Å². The molecule has 1 fully saturated rings. The van der Waals surface area contributed by atoms with Gasteiger partial charge in [0.25, 0.3) is 5.69 Å². The predicted molar refractivity (Wildman–Crippen MR) is 161 cm³/mol. The molecule has 0 radical (unpaired) electrons. The highest BCUT2D eigenvalue weighted by molar-refractivity contribution is 6.80. The quantitative estimate of drug-likeness (QED) is 0.0708. The SMILES string of the molecule is C[C@@H](O[Si](C)(C)C(C)(C)C)[C@@]1(C)C(=O)N([Si](C)(C)C(C)(C)C)C1CC(=O)CC(=O)OCc1ccc([N+](=O)[O-])cc1. The third-order valence-electron chi connectivity index (χ3n) is 9.55. The minimum absolute atomic E-state index is 0.0175. The lowest BCUT2D eigenvalue weighted by molar-refractivity contribution is -0.384. The number of amides is 1. The summed E-state index contributed by atoms with van der Waals surface area (Å²) in [6.45, 7) is 25.2. The van der Waals surface area contributed by atoms with Crippen LogP contribution >= 0.6 is 0 Å². The Hall–Kier alpha value is -2.38. The molecule has 0 saturated carbocycles. The minimum atomic E-state index is -2.33. The predicted octanol–water partition coefficient (Wildman–Crippen LogP) is 6.62. The van der Waals surface area contributed by atoms with Crippen molar-refractivity contribution < 1.29 is 28.5 Å². The third-order valence-corrected chi connectivity index (χ3v) is 19.5. The summed E-state index contributed by atoms with van der Waals surface area (Å²) in [5.74, 6) is -0.940. The summed E-state index contributed by atoms with van der Waals surface area (Å²) in [4.78, 5) is 50.1. The van der Waals surface area contributed by atoms with Crippen molar-refractivity contribution in [3.05, 3.63) is 39.9 Å². The molecule has 1 aliphatic heterocycles. The van der Waals surface area contributed by atoms with Crippen LogP contribution in [0.2, 0.25) is 36.3 Å². The van der Waals surface area contributed by atoms with Crippen LogP contribution in [0.3, 0.4) is 0 Å². The summed E-state index contributed by atoms with van der Waals surface area (Å²) in [7, 11) is -4.53. The minimum Gasteiger partial charge on any atom is -0.460 e. The number of non-ortho nitro benzene ring substituents is 1. The van der Waals surface area contributed by atoms with Gasteiger partial charge in [0.05, 0.1) is 16.4 Å². The molecule has 1 heterocycles. The van der Waals surface area contributed by atoms with E-state index in [0.29, 0.717) is 5.56 Å². The Bertz CT molecular complexity index is 1140. The fraction of sp³-hybridized carbons (Fsp3) is 0.690. The van der Waals surface area contributed by atoms with Gasteiger partial charge in [-0.3, -0.25) is 24.5 Å². The lowest BCUT2D eigenvalue weighted by Gasteiger charge is -2.65. The zero-order valence-electron chi connectivity index (χ0n) is 26.3. The van der Waals surface area contributed by atoms with Gasteiger partial charge in [0.1, 0.15) is 18.8 Å². The summed E-state index contributed by atoms with van der Waals surface area (Å²) in [6, 6.07) is 5.32. The Kier molecular flexibility index (Phi) is 9.71. The molecule has 1 unspecified atom stereocenters. The van der Waals surface area contributed by atoms with Crippen molar-refractivity contribution in [1.29, 1.82) is 0 Å². The Balaban J connectivity index is 2.22. The van der Waals surface area contributed by atoms with E-state index in [1.165, 1.54) is 24.3 Å². The van der Waals surface area contributed by atoms with Crippen molar-refractivity contribution in [3.8, 4) is 0 Å². The average Bonchev–Trinajstić information content (AvgIpc) is 2.80. The van der Waals surface area contributed by atoms with Gasteiger partial charge in [-0.25, -0.2) is 0 Å². The molecule has 40 heavy (non-hydrogen) atoms. The number of hydrogen-bond donors (Lipinski definition) is 0. The Morgan fingerprint density at radius 1 is 1.05 bits per heavy atom. The number of carbonyl (C=O) groups is 3. The number of nitro benzene ring substituents is 1. The van der Waals surface area contributed by atoms with E-state index in [-0.39, 0.29) is 46.5 Å². The highest BCUT2D eigenvalue weighted by atomic mass is 28.4. The van der Waals surface area contributed by atoms with E-state index < -0.39 is 45.4 Å². The number of benzene rings is 1. The highest BCUT2D eigenvalue weighted by Gasteiger charge is 2.66. The second kappa shape index (κ2) is 11.5. The molecule has 0 aliphatic carbocycles. The van der Waals surface area contributed by atoms with Crippen molar-refractivity contribution in [2.75, 3.05) is 0 Å². The molecule has 1 saturated heterocycles. The van der Waals surface area contributed by atoms with Gasteiger partial charge in [-0.1, -0.05) is 54.6 Å². The molecule has 224 valence electrons. The summed E-state index contributed by atoms with van der Waals surface area (Å²) in [5.41, 5.74) is -0.353. The smallest absolute Gasteiger partial charge is 0.313 e. The molecule has 11 heteroatoms. The van der Waals surface area contributed by atoms with Crippen LogP contribution in [0.5, 0.6) is 0 Å². The number of β-lactam (4-membered cyclic amide) rings is 1. The highest BCUT2D eigenvalue weighted by Crippen LogP contribution is 2.53. The number of hydrogen-bond acceptors (Lipinski definition) is 7. The van der Waals surface area contributed by atoms with Crippen LogP contribution < -0.4 is 0 Å². The van der Waals surface area contributed by atoms with Crippen LogP contribution in [0, 0.1) is 15.5 Å². The van der Waals surface area contributed by atoms with Crippen molar-refractivity contribution >= 4 is 39.9 Å². The first-order valence-electron chi connectivity index (χ1n) is 13.9. The van der Waals surface area contributed by atoms with Gasteiger partial charge in [0, 0.05) is 24.6 Å². The number of rotatable bonds is 11. The van der Waals surface area contributed by atoms with Crippen LogP contribution in [0.1, 0.15) is 73.8 Å². The van der Waals surface area contributed by atoms with Crippen molar-refractivity contribution in [3.63, 3.8) is 0 Å². The molecular weight excluding hydrogens is 544 g/mol. The van der Waals surface area contributed by atoms with Crippen LogP contribution in [-0.2, 0) is 30.2 Å². The first-order valence-corrected chi connectivity index (χ1v) is 19.7. The molecule has 0 spiro atoms. The van der Waals surface area contributed by atoms with Gasteiger partial charge in [-0.2, -0.15) is 0 Å². The number of ether oxygens (including phenoxy) is 1. The Labute approximate surface area is 241 Å². The number of Topliss-reactive ketones (excluding diaryl/α,β-unsaturated/α-hetero) is 1. The number of ketones is 1. The largest absolute Gasteiger partial charge is 0.460 e. The number of nitrogens with zero attached hydrogens (tertiary/aromatic N) is 2. The monoisotopic (exact) mass is 592 g/mol. The van der Waals surface area contributed by atoms with Crippen molar-refractivity contribution in [1.82, 2.24) is 4.57 Å². The summed E-state index contributed by atoms with van der Waals surface area (Å²) in [6.07, 6.45) is -0.753. The van der Waals surface area contributed by atoms with E-state index in [9.17, 15) is 24.5 Å². The summed E-state index contributed by atoms with van der Waals surface area (Å²) < 4.78 is 13.9. The van der Waals surface area contributed by atoms with E-state index >= 15 is 0 Å². The lowest BCUT2D eigenvalue weighted by atomic mass is 9.68. The molecular formula is C29H48N2O7Si2. The second-order valence-electron chi connectivity index (χ2n) is 14.3. The number of carbonyl (C=O) groups excluding carboxylic acids is 3. The van der Waals surface area contributed by atoms with Gasteiger partial charge < -0.3 is 13.7 Å². The van der Waals surface area contributed by atoms with Crippen LogP contribution in [0.25, 0.3) is 0 Å². The maximum absolute atomic E-state index is 13.9. The van der Waals surface area contributed by atoms with E-state index in [4.69, 9.17) is 9.16 Å². The molecule has 3 atom stereocenters. The number of nitro groups is 1. The average molecular weight is 593 g/mol. The molecule has 0 N–H and O–H groups in total. The van der Waals surface area contributed by atoms with Crippen LogP contribution in [0.4, 0.5) is 5.69 Å². The first-order chi connectivity index (χ1) is 18.0. The van der Waals surface area contributed by atoms with Crippen LogP contribution in [-0.4, -0.2) is 55.8 Å². The second-order valence-corrected chi connectivity index (χ2v) is 24.2. The summed E-state index contributed by atoms with van der Waals surface area (Å²) >= 11 is 0. The lowest BCUT2D eigenvalue weighted by Crippen LogP contribution is -2.80. The molecule has 0 bridgehead atoms. The van der Waals surface area contributed by atoms with Gasteiger partial charge in [0.15, 0.2) is 16.6 Å². The third kappa shape index (κ3) is 6.74. The fourth-order valence-electron chi connectivity index (χ4n) is 4.62. The molecule has 1 amide bonds. The maximum Gasteiger partial charge on any atom is 0.313 e. The molecule has 2 rings (SSSR count). The van der Waals surface area contributed by atoms with Gasteiger partial charge >= 0.3 is 5.97 Å². The normalized spacial score (nSPS) is 21.1. The topological polar surface area (TPSA) is 116 Å². The van der Waals surface area contributed by atoms with Crippen molar-refractivity contribution in [2.45, 2.75) is 123 Å². The van der Waals surface area contributed by atoms with Crippen molar-refractivity contribution in [2.24, 2.45) is 5.41 Å². The first kappa shape index (κ1) is 33.8. The molecule has 1 aliphatic rings. The summed E-state index contributed by atoms with van der Waals surface area (Å²) in [5, 5.41) is 10.7. The van der Waals surface area contributed by atoms with Gasteiger partial charge in [0.2, 0.25) is 5.91 Å². The van der Waals surface area contributed by atoms with Gasteiger partial charge in [-0.05, 0) is 54.7 Å². The standard InChI is InChI=1S/C29H48N2O7Si2/c1-20(38-40(11,12)28(5,6)7)29(8)24(30(26(29)34)39(9,10)27(2,3)4)17-23(32)18-25(33)37-19-21-13-15-22(16-14-21)31(35)36/h13-16,20,24H,17-19H2,1-12H3/t20-,24?,29-/m1/s1. The van der Waals surface area contributed by atoms with E-state index in [0.717, 1.165) is 0 Å². The fourth-order valence-corrected chi connectivity index (χ4v) is 8.71. The zero-order valence-corrected chi connectivity index (χ0v) is 28.3. The maximum atomic E-state index is 13.9. The van der Waals surface area contributed by atoms with Crippen LogP contribution in [0.15, 0.2) is 24.3 Å². The van der Waals surface area contributed by atoms with Gasteiger partial charge in [-0.15, -0.1) is 0 Å². The number of esters is 1. The van der Waals surface area contributed by atoms with E-state index in [1.54, 1.807) is 0 Å². The van der Waals surface area contributed by atoms with E-state index in [2.05, 4.69) is 67.7 Å². The molecule has 1 aromatic rings.